The number of aromatic nitrogens is 1. The highest BCUT2D eigenvalue weighted by atomic mass is 19.1. The van der Waals surface area contributed by atoms with Crippen molar-refractivity contribution in [3.8, 4) is 0 Å². The summed E-state index contributed by atoms with van der Waals surface area (Å²) in [6.45, 7) is 2.48. The van der Waals surface area contributed by atoms with Crippen molar-refractivity contribution >= 4 is 16.8 Å². The van der Waals surface area contributed by atoms with E-state index in [9.17, 15) is 9.18 Å². The van der Waals surface area contributed by atoms with Crippen molar-refractivity contribution in [2.75, 3.05) is 0 Å². The highest BCUT2D eigenvalue weighted by molar-refractivity contribution is 6.01. The van der Waals surface area contributed by atoms with Crippen LogP contribution in [-0.2, 0) is 6.54 Å². The number of H-pyrrole nitrogens is 1. The standard InChI is InChI=1S/C24H19FN2O/c1-15-22(20-8-4-5-9-21(20)26-15)23-18-6-2-3-7-19(18)24(28)27(23)14-16-10-12-17(25)13-11-16/h2-13,23,26H,14H2,1H3. The minimum atomic E-state index is -0.274. The maximum Gasteiger partial charge on any atom is 0.255 e. The smallest absolute Gasteiger partial charge is 0.255 e. The topological polar surface area (TPSA) is 36.1 Å². The summed E-state index contributed by atoms with van der Waals surface area (Å²) in [6.07, 6.45) is 0. The Morgan fingerprint density at radius 3 is 2.50 bits per heavy atom. The Morgan fingerprint density at radius 2 is 1.68 bits per heavy atom. The number of para-hydroxylation sites is 1. The number of hydrogen-bond acceptors (Lipinski definition) is 1. The summed E-state index contributed by atoms with van der Waals surface area (Å²) in [5.74, 6) is -0.265. The Labute approximate surface area is 162 Å². The summed E-state index contributed by atoms with van der Waals surface area (Å²) >= 11 is 0. The monoisotopic (exact) mass is 370 g/mol. The largest absolute Gasteiger partial charge is 0.358 e. The highest BCUT2D eigenvalue weighted by Crippen LogP contribution is 2.43. The molecule has 0 radical (unpaired) electrons. The molecular weight excluding hydrogens is 351 g/mol. The van der Waals surface area contributed by atoms with Crippen LogP contribution >= 0.6 is 0 Å². The third kappa shape index (κ3) is 2.53. The first-order valence-corrected chi connectivity index (χ1v) is 9.35. The predicted molar refractivity (Wildman–Crippen MR) is 108 cm³/mol. The van der Waals surface area contributed by atoms with E-state index in [1.54, 1.807) is 12.1 Å². The molecule has 1 amide bonds. The van der Waals surface area contributed by atoms with Gasteiger partial charge in [0.05, 0.1) is 6.04 Å². The van der Waals surface area contributed by atoms with E-state index in [1.807, 2.05) is 41.3 Å². The van der Waals surface area contributed by atoms with E-state index in [1.165, 1.54) is 12.1 Å². The number of amides is 1. The Hall–Kier alpha value is -3.40. The molecule has 3 nitrogen and oxygen atoms in total. The lowest BCUT2D eigenvalue weighted by Gasteiger charge is -2.26. The van der Waals surface area contributed by atoms with E-state index in [0.717, 1.165) is 38.9 Å². The van der Waals surface area contributed by atoms with Crippen LogP contribution in [0.25, 0.3) is 10.9 Å². The summed E-state index contributed by atoms with van der Waals surface area (Å²) in [6, 6.07) is 22.2. The van der Waals surface area contributed by atoms with Gasteiger partial charge in [-0.15, -0.1) is 0 Å². The van der Waals surface area contributed by atoms with Crippen molar-refractivity contribution in [2.24, 2.45) is 0 Å². The Bertz CT molecular complexity index is 1190. The SMILES string of the molecule is Cc1[nH]c2ccccc2c1C1c2ccccc2C(=O)N1Cc1ccc(F)cc1. The van der Waals surface area contributed by atoms with Crippen LogP contribution < -0.4 is 0 Å². The summed E-state index contributed by atoms with van der Waals surface area (Å²) < 4.78 is 13.3. The average molecular weight is 370 g/mol. The fourth-order valence-corrected chi connectivity index (χ4v) is 4.28. The van der Waals surface area contributed by atoms with Gasteiger partial charge in [0, 0.05) is 34.3 Å². The van der Waals surface area contributed by atoms with Gasteiger partial charge in [0.1, 0.15) is 5.82 Å². The van der Waals surface area contributed by atoms with Crippen molar-refractivity contribution in [3.63, 3.8) is 0 Å². The molecule has 28 heavy (non-hydrogen) atoms. The van der Waals surface area contributed by atoms with Gasteiger partial charge in [-0.25, -0.2) is 4.39 Å². The summed E-state index contributed by atoms with van der Waals surface area (Å²) in [5.41, 5.74) is 5.90. The lowest BCUT2D eigenvalue weighted by atomic mass is 9.95. The van der Waals surface area contributed by atoms with Gasteiger partial charge in [0.2, 0.25) is 0 Å². The number of halogens is 1. The van der Waals surface area contributed by atoms with Crippen LogP contribution in [0.5, 0.6) is 0 Å². The van der Waals surface area contributed by atoms with E-state index in [0.29, 0.717) is 6.54 Å². The molecular formula is C24H19FN2O. The molecule has 0 aliphatic carbocycles. The van der Waals surface area contributed by atoms with E-state index in [-0.39, 0.29) is 17.8 Å². The average Bonchev–Trinajstić information content (AvgIpc) is 3.17. The van der Waals surface area contributed by atoms with Crippen LogP contribution in [0.2, 0.25) is 0 Å². The van der Waals surface area contributed by atoms with Crippen LogP contribution in [0.15, 0.2) is 72.8 Å². The van der Waals surface area contributed by atoms with Crippen molar-refractivity contribution in [3.05, 3.63) is 107 Å². The molecule has 5 rings (SSSR count). The van der Waals surface area contributed by atoms with Gasteiger partial charge in [0.15, 0.2) is 0 Å². The second-order valence-corrected chi connectivity index (χ2v) is 7.26. The molecule has 1 N–H and O–H groups in total. The maximum absolute atomic E-state index is 13.3. The van der Waals surface area contributed by atoms with E-state index in [2.05, 4.69) is 24.0 Å². The van der Waals surface area contributed by atoms with Crippen LogP contribution in [0, 0.1) is 12.7 Å². The molecule has 0 saturated carbocycles. The number of carbonyl (C=O) groups excluding carboxylic acids is 1. The molecule has 1 aliphatic heterocycles. The first-order valence-electron chi connectivity index (χ1n) is 9.35. The van der Waals surface area contributed by atoms with Crippen LogP contribution in [0.3, 0.4) is 0 Å². The van der Waals surface area contributed by atoms with Crippen LogP contribution in [0.1, 0.15) is 38.8 Å². The van der Waals surface area contributed by atoms with Gasteiger partial charge in [-0.1, -0.05) is 48.5 Å². The fraction of sp³-hybridized carbons (Fsp3) is 0.125. The van der Waals surface area contributed by atoms with Crippen molar-refractivity contribution < 1.29 is 9.18 Å². The lowest BCUT2D eigenvalue weighted by Crippen LogP contribution is -2.28. The molecule has 3 aromatic carbocycles. The third-order valence-electron chi connectivity index (χ3n) is 5.54. The van der Waals surface area contributed by atoms with Crippen molar-refractivity contribution in [1.82, 2.24) is 9.88 Å². The number of rotatable bonds is 3. The molecule has 0 saturated heterocycles. The molecule has 4 aromatic rings. The molecule has 0 spiro atoms. The predicted octanol–water partition coefficient (Wildman–Crippen LogP) is 5.36. The number of nitrogens with one attached hydrogen (secondary N) is 1. The van der Waals surface area contributed by atoms with Gasteiger partial charge in [-0.2, -0.15) is 0 Å². The van der Waals surface area contributed by atoms with Crippen LogP contribution in [-0.4, -0.2) is 15.8 Å². The zero-order valence-electron chi connectivity index (χ0n) is 15.4. The normalized spacial score (nSPS) is 16.0. The van der Waals surface area contributed by atoms with Gasteiger partial charge in [-0.05, 0) is 42.3 Å². The fourth-order valence-electron chi connectivity index (χ4n) is 4.28. The van der Waals surface area contributed by atoms with E-state index < -0.39 is 0 Å². The molecule has 2 heterocycles. The first-order chi connectivity index (χ1) is 13.6. The summed E-state index contributed by atoms with van der Waals surface area (Å²) in [4.78, 5) is 18.6. The molecule has 1 aliphatic rings. The summed E-state index contributed by atoms with van der Waals surface area (Å²) in [7, 11) is 0. The Kier molecular flexibility index (Phi) is 3.79. The Morgan fingerprint density at radius 1 is 0.964 bits per heavy atom. The number of aromatic amines is 1. The molecule has 1 atom stereocenters. The van der Waals surface area contributed by atoms with Gasteiger partial charge in [-0.3, -0.25) is 4.79 Å². The van der Waals surface area contributed by atoms with Crippen molar-refractivity contribution in [1.29, 1.82) is 0 Å². The van der Waals surface area contributed by atoms with Gasteiger partial charge >= 0.3 is 0 Å². The number of aryl methyl sites for hydroxylation is 1. The van der Waals surface area contributed by atoms with E-state index in [4.69, 9.17) is 0 Å². The number of nitrogens with zero attached hydrogens (tertiary/aromatic N) is 1. The number of benzene rings is 3. The number of carbonyl (C=O) groups is 1. The lowest BCUT2D eigenvalue weighted by molar-refractivity contribution is 0.0736. The highest BCUT2D eigenvalue weighted by Gasteiger charge is 2.39. The number of hydrogen-bond donors (Lipinski definition) is 1. The third-order valence-corrected chi connectivity index (χ3v) is 5.54. The second kappa shape index (κ2) is 6.34. The zero-order valence-corrected chi connectivity index (χ0v) is 15.4. The molecule has 138 valence electrons. The minimum absolute atomic E-state index is 0.00889. The second-order valence-electron chi connectivity index (χ2n) is 7.26. The zero-order chi connectivity index (χ0) is 19.3. The van der Waals surface area contributed by atoms with Crippen molar-refractivity contribution in [2.45, 2.75) is 19.5 Å². The molecule has 1 unspecified atom stereocenters. The molecule has 1 aromatic heterocycles. The summed E-state index contributed by atoms with van der Waals surface area (Å²) in [5, 5.41) is 1.12. The number of fused-ring (bicyclic) bond motifs is 2. The van der Waals surface area contributed by atoms with Gasteiger partial charge in [0.25, 0.3) is 5.91 Å². The first kappa shape index (κ1) is 16.8. The molecule has 0 bridgehead atoms. The molecule has 4 heteroatoms. The Balaban J connectivity index is 1.68. The van der Waals surface area contributed by atoms with Crippen LogP contribution in [0.4, 0.5) is 4.39 Å². The molecule has 0 fully saturated rings. The maximum atomic E-state index is 13.3. The van der Waals surface area contributed by atoms with Gasteiger partial charge < -0.3 is 9.88 Å². The quantitative estimate of drug-likeness (QED) is 0.518. The minimum Gasteiger partial charge on any atom is -0.358 e. The van der Waals surface area contributed by atoms with E-state index >= 15 is 0 Å².